The fraction of sp³-hybridized carbons (Fsp3) is 0.300. The van der Waals surface area contributed by atoms with Crippen molar-refractivity contribution < 1.29 is 8.42 Å². The second-order valence-electron chi connectivity index (χ2n) is 3.55. The zero-order valence-electron chi connectivity index (χ0n) is 9.24. The van der Waals surface area contributed by atoms with Crippen LogP contribution in [-0.4, -0.2) is 31.6 Å². The second-order valence-corrected chi connectivity index (χ2v) is 5.85. The lowest BCUT2D eigenvalue weighted by molar-refractivity contribution is 0.586. The molecule has 0 saturated carbocycles. The normalized spacial score (nSPS) is 25.1. The van der Waals surface area contributed by atoms with Crippen LogP contribution in [0.1, 0.15) is 6.42 Å². The summed E-state index contributed by atoms with van der Waals surface area (Å²) in [4.78, 5) is 6.88. The van der Waals surface area contributed by atoms with Crippen molar-refractivity contribution in [3.05, 3.63) is 24.3 Å². The highest BCUT2D eigenvalue weighted by Crippen LogP contribution is 2.24. The molecule has 0 spiro atoms. The number of nitrogens with zero attached hydrogens (tertiary/aromatic N) is 3. The van der Waals surface area contributed by atoms with Gasteiger partial charge in [0, 0.05) is 12.5 Å². The summed E-state index contributed by atoms with van der Waals surface area (Å²) in [7, 11) is -3.38. The summed E-state index contributed by atoms with van der Waals surface area (Å²) in [6.45, 7) is 0. The zero-order valence-corrected chi connectivity index (χ0v) is 10.1. The Hall–Kier alpha value is -1.94. The molecule has 1 unspecified atom stereocenters. The van der Waals surface area contributed by atoms with Gasteiger partial charge in [0.15, 0.2) is 9.84 Å². The SMILES string of the molecule is CS(=O)(=O)C1(C=NC(N)=NC#N)C=CC=CC1. The van der Waals surface area contributed by atoms with Crippen LogP contribution in [0.25, 0.3) is 0 Å². The first kappa shape index (κ1) is 13.1. The van der Waals surface area contributed by atoms with Crippen molar-refractivity contribution in [3.8, 4) is 6.19 Å². The fourth-order valence-corrected chi connectivity index (χ4v) is 2.31. The van der Waals surface area contributed by atoms with Crippen molar-refractivity contribution in [2.75, 3.05) is 6.26 Å². The summed E-state index contributed by atoms with van der Waals surface area (Å²) in [6, 6.07) is 0. The third-order valence-corrected chi connectivity index (χ3v) is 4.12. The van der Waals surface area contributed by atoms with E-state index in [2.05, 4.69) is 9.98 Å². The monoisotopic (exact) mass is 252 g/mol. The first-order valence-corrected chi connectivity index (χ1v) is 6.62. The van der Waals surface area contributed by atoms with E-state index in [4.69, 9.17) is 11.0 Å². The average molecular weight is 252 g/mol. The molecule has 90 valence electrons. The summed E-state index contributed by atoms with van der Waals surface area (Å²) in [5.41, 5.74) is 5.30. The van der Waals surface area contributed by atoms with Crippen LogP contribution in [-0.2, 0) is 9.84 Å². The maximum absolute atomic E-state index is 11.8. The molecule has 0 aromatic carbocycles. The van der Waals surface area contributed by atoms with Crippen molar-refractivity contribution >= 4 is 22.0 Å². The molecule has 1 rings (SSSR count). The van der Waals surface area contributed by atoms with Crippen molar-refractivity contribution in [3.63, 3.8) is 0 Å². The quantitative estimate of drug-likeness (QED) is 0.428. The molecule has 1 atom stereocenters. The summed E-state index contributed by atoms with van der Waals surface area (Å²) < 4.78 is 22.3. The molecular weight excluding hydrogens is 240 g/mol. The number of aliphatic imine (C=N–C) groups is 2. The summed E-state index contributed by atoms with van der Waals surface area (Å²) >= 11 is 0. The Bertz CT molecular complexity index is 551. The largest absolute Gasteiger partial charge is 0.367 e. The lowest BCUT2D eigenvalue weighted by Crippen LogP contribution is -2.38. The number of nitriles is 1. The molecule has 0 saturated heterocycles. The van der Waals surface area contributed by atoms with Gasteiger partial charge >= 0.3 is 0 Å². The molecule has 0 heterocycles. The Balaban J connectivity index is 3.13. The molecular formula is C10H12N4O2S. The van der Waals surface area contributed by atoms with Crippen molar-refractivity contribution in [1.29, 1.82) is 5.26 Å². The maximum Gasteiger partial charge on any atom is 0.230 e. The predicted molar refractivity (Wildman–Crippen MR) is 66.2 cm³/mol. The molecule has 17 heavy (non-hydrogen) atoms. The Morgan fingerprint density at radius 1 is 1.59 bits per heavy atom. The predicted octanol–water partition coefficient (Wildman–Crippen LogP) is 0.152. The number of nitrogens with two attached hydrogens (primary N) is 1. The first-order chi connectivity index (χ1) is 7.91. The van der Waals surface area contributed by atoms with E-state index in [1.807, 2.05) is 0 Å². The van der Waals surface area contributed by atoms with Crippen LogP contribution in [0.5, 0.6) is 0 Å². The molecule has 1 aliphatic rings. The Morgan fingerprint density at radius 2 is 2.29 bits per heavy atom. The van der Waals surface area contributed by atoms with Crippen LogP contribution in [0.15, 0.2) is 34.3 Å². The number of hydrogen-bond acceptors (Lipinski definition) is 4. The highest BCUT2D eigenvalue weighted by Gasteiger charge is 2.36. The van der Waals surface area contributed by atoms with Crippen LogP contribution >= 0.6 is 0 Å². The van der Waals surface area contributed by atoms with E-state index in [1.54, 1.807) is 18.2 Å². The molecule has 7 heteroatoms. The van der Waals surface area contributed by atoms with Gasteiger partial charge in [0.05, 0.1) is 0 Å². The van der Waals surface area contributed by atoms with Crippen LogP contribution in [0.2, 0.25) is 0 Å². The Kier molecular flexibility index (Phi) is 3.81. The van der Waals surface area contributed by atoms with Crippen LogP contribution in [0, 0.1) is 11.5 Å². The lowest BCUT2D eigenvalue weighted by atomic mass is 10.0. The van der Waals surface area contributed by atoms with Gasteiger partial charge in [-0.2, -0.15) is 5.26 Å². The minimum absolute atomic E-state index is 0.265. The van der Waals surface area contributed by atoms with E-state index in [0.717, 1.165) is 6.26 Å². The lowest BCUT2D eigenvalue weighted by Gasteiger charge is -2.24. The van der Waals surface area contributed by atoms with Gasteiger partial charge in [-0.05, 0) is 6.42 Å². The van der Waals surface area contributed by atoms with E-state index < -0.39 is 14.6 Å². The van der Waals surface area contributed by atoms with E-state index in [1.165, 1.54) is 18.5 Å². The Labute approximate surface area is 99.8 Å². The van der Waals surface area contributed by atoms with Gasteiger partial charge in [-0.15, -0.1) is 4.99 Å². The van der Waals surface area contributed by atoms with Gasteiger partial charge in [-0.3, -0.25) is 0 Å². The molecule has 0 bridgehead atoms. The summed E-state index contributed by atoms with van der Waals surface area (Å²) in [6.07, 6.45) is 10.7. The minimum Gasteiger partial charge on any atom is -0.367 e. The molecule has 1 aliphatic carbocycles. The first-order valence-electron chi connectivity index (χ1n) is 4.73. The topological polar surface area (TPSA) is 109 Å². The number of hydrogen-bond donors (Lipinski definition) is 1. The average Bonchev–Trinajstić information content (AvgIpc) is 2.27. The van der Waals surface area contributed by atoms with Crippen LogP contribution < -0.4 is 5.73 Å². The van der Waals surface area contributed by atoms with Gasteiger partial charge in [-0.25, -0.2) is 13.4 Å². The summed E-state index contributed by atoms with van der Waals surface area (Å²) in [5.74, 6) is -0.265. The van der Waals surface area contributed by atoms with E-state index in [9.17, 15) is 8.42 Å². The molecule has 0 fully saturated rings. The zero-order chi connectivity index (χ0) is 12.9. The third-order valence-electron chi connectivity index (χ3n) is 2.33. The van der Waals surface area contributed by atoms with Crippen LogP contribution in [0.4, 0.5) is 0 Å². The second kappa shape index (κ2) is 4.93. The number of guanidine groups is 1. The van der Waals surface area contributed by atoms with E-state index in [0.29, 0.717) is 0 Å². The Morgan fingerprint density at radius 3 is 2.76 bits per heavy atom. The van der Waals surface area contributed by atoms with Gasteiger partial charge in [0.25, 0.3) is 0 Å². The summed E-state index contributed by atoms with van der Waals surface area (Å²) in [5, 5.41) is 8.26. The van der Waals surface area contributed by atoms with Crippen molar-refractivity contribution in [1.82, 2.24) is 0 Å². The minimum atomic E-state index is -3.38. The molecule has 0 aromatic rings. The van der Waals surface area contributed by atoms with Crippen molar-refractivity contribution in [2.24, 2.45) is 15.7 Å². The number of rotatable bonds is 2. The standard InChI is InChI=1S/C10H12N4O2S/c1-17(15,16)10(5-3-2-4-6-10)7-13-9(12)14-8-11/h2-5,7H,6H2,1H3,(H2,12,14). The van der Waals surface area contributed by atoms with Gasteiger partial charge < -0.3 is 5.73 Å². The molecule has 2 N–H and O–H groups in total. The number of sulfone groups is 1. The molecule has 0 amide bonds. The fourth-order valence-electron chi connectivity index (χ4n) is 1.34. The molecule has 0 aromatic heterocycles. The molecule has 6 nitrogen and oxygen atoms in total. The highest BCUT2D eigenvalue weighted by molar-refractivity contribution is 7.93. The smallest absolute Gasteiger partial charge is 0.230 e. The van der Waals surface area contributed by atoms with Crippen molar-refractivity contribution in [2.45, 2.75) is 11.2 Å². The third kappa shape index (κ3) is 3.01. The van der Waals surface area contributed by atoms with E-state index >= 15 is 0 Å². The number of allylic oxidation sites excluding steroid dienone is 3. The van der Waals surface area contributed by atoms with Gasteiger partial charge in [-0.1, -0.05) is 24.3 Å². The van der Waals surface area contributed by atoms with Gasteiger partial charge in [0.1, 0.15) is 4.75 Å². The van der Waals surface area contributed by atoms with Gasteiger partial charge in [0.2, 0.25) is 12.2 Å². The van der Waals surface area contributed by atoms with Crippen LogP contribution in [0.3, 0.4) is 0 Å². The van der Waals surface area contributed by atoms with E-state index in [-0.39, 0.29) is 12.4 Å². The molecule has 0 radical (unpaired) electrons. The maximum atomic E-state index is 11.8. The molecule has 0 aliphatic heterocycles. The highest BCUT2D eigenvalue weighted by atomic mass is 32.2.